The third-order valence-corrected chi connectivity index (χ3v) is 4.66. The molecule has 0 aliphatic heterocycles. The van der Waals surface area contributed by atoms with Gasteiger partial charge in [-0.2, -0.15) is 8.78 Å². The van der Waals surface area contributed by atoms with Gasteiger partial charge in [0.1, 0.15) is 17.1 Å². The molecule has 2 rings (SSSR count). The minimum Gasteiger partial charge on any atom is -0.493 e. The molecule has 0 bridgehead atoms. The van der Waals surface area contributed by atoms with Crippen molar-refractivity contribution in [1.29, 1.82) is 0 Å². The molecule has 0 saturated heterocycles. The third-order valence-electron chi connectivity index (χ3n) is 4.66. The Morgan fingerprint density at radius 2 is 1.97 bits per heavy atom. The number of nitrogens with zero attached hydrogens (tertiary/aromatic N) is 1. The van der Waals surface area contributed by atoms with E-state index in [0.29, 0.717) is 36.8 Å². The lowest BCUT2D eigenvalue weighted by atomic mass is 9.96. The first kappa shape index (κ1) is 24.5. The second-order valence-corrected chi connectivity index (χ2v) is 7.34. The molecular weight excluding hydrogens is 408 g/mol. The van der Waals surface area contributed by atoms with Crippen molar-refractivity contribution in [1.82, 2.24) is 10.6 Å². The number of furan rings is 1. The van der Waals surface area contributed by atoms with Crippen LogP contribution in [0.5, 0.6) is 11.5 Å². The summed E-state index contributed by atoms with van der Waals surface area (Å²) in [6.45, 7) is 5.63. The van der Waals surface area contributed by atoms with Crippen LogP contribution < -0.4 is 20.1 Å². The number of aliphatic imine (C=N–C) groups is 1. The molecule has 7 nitrogen and oxygen atoms in total. The van der Waals surface area contributed by atoms with E-state index in [1.807, 2.05) is 26.8 Å². The summed E-state index contributed by atoms with van der Waals surface area (Å²) in [5.41, 5.74) is 0.326. The van der Waals surface area contributed by atoms with Gasteiger partial charge in [-0.15, -0.1) is 0 Å². The standard InChI is InChI=1S/C22H31F2N3O4/c1-6-25-21(27-13-22(4,28)17-11-14(2)30-15(17)3)26-10-9-16-7-8-18(29-5)19(12-16)31-20(23)24/h7-8,11-12,20,28H,6,9-10,13H2,1-5H3,(H2,25,26,27). The molecule has 0 aliphatic rings. The maximum atomic E-state index is 12.6. The summed E-state index contributed by atoms with van der Waals surface area (Å²) in [4.78, 5) is 4.49. The Kier molecular flexibility index (Phi) is 8.67. The van der Waals surface area contributed by atoms with Gasteiger partial charge in [0.25, 0.3) is 0 Å². The van der Waals surface area contributed by atoms with Crippen LogP contribution in [0.2, 0.25) is 0 Å². The molecule has 1 atom stereocenters. The number of methoxy groups -OCH3 is 1. The quantitative estimate of drug-likeness (QED) is 0.388. The summed E-state index contributed by atoms with van der Waals surface area (Å²) in [7, 11) is 1.40. The van der Waals surface area contributed by atoms with E-state index >= 15 is 0 Å². The van der Waals surface area contributed by atoms with Gasteiger partial charge < -0.3 is 29.6 Å². The third kappa shape index (κ3) is 7.13. The average Bonchev–Trinajstić information content (AvgIpc) is 3.05. The molecule has 0 radical (unpaired) electrons. The van der Waals surface area contributed by atoms with Crippen molar-refractivity contribution in [2.24, 2.45) is 4.99 Å². The molecule has 0 aliphatic carbocycles. The molecule has 1 heterocycles. The number of ether oxygens (including phenoxy) is 2. The van der Waals surface area contributed by atoms with E-state index in [0.717, 1.165) is 11.3 Å². The van der Waals surface area contributed by atoms with Crippen molar-refractivity contribution >= 4 is 5.96 Å². The van der Waals surface area contributed by atoms with Crippen molar-refractivity contribution in [2.45, 2.75) is 46.3 Å². The number of hydrogen-bond donors (Lipinski definition) is 3. The van der Waals surface area contributed by atoms with Gasteiger partial charge in [-0.3, -0.25) is 0 Å². The molecule has 31 heavy (non-hydrogen) atoms. The first-order valence-corrected chi connectivity index (χ1v) is 10.1. The van der Waals surface area contributed by atoms with Gasteiger partial charge in [0, 0.05) is 18.7 Å². The summed E-state index contributed by atoms with van der Waals surface area (Å²) < 4.78 is 40.3. The number of nitrogens with one attached hydrogen (secondary N) is 2. The fourth-order valence-corrected chi connectivity index (χ4v) is 3.22. The van der Waals surface area contributed by atoms with E-state index in [-0.39, 0.29) is 18.0 Å². The van der Waals surface area contributed by atoms with Crippen LogP contribution in [0, 0.1) is 13.8 Å². The number of halogens is 2. The number of guanidine groups is 1. The summed E-state index contributed by atoms with van der Waals surface area (Å²) in [5.74, 6) is 2.18. The van der Waals surface area contributed by atoms with Gasteiger partial charge in [-0.05, 0) is 57.9 Å². The largest absolute Gasteiger partial charge is 0.493 e. The first-order valence-electron chi connectivity index (χ1n) is 10.1. The molecule has 1 aromatic carbocycles. The van der Waals surface area contributed by atoms with E-state index in [4.69, 9.17) is 9.15 Å². The number of benzene rings is 1. The molecule has 0 fully saturated rings. The normalized spacial score (nSPS) is 13.8. The predicted octanol–water partition coefficient (Wildman–Crippen LogP) is 3.51. The molecule has 2 aromatic rings. The molecule has 0 amide bonds. The van der Waals surface area contributed by atoms with Crippen molar-refractivity contribution in [2.75, 3.05) is 26.7 Å². The second kappa shape index (κ2) is 11.0. The van der Waals surface area contributed by atoms with Crippen LogP contribution in [0.1, 0.15) is 36.5 Å². The van der Waals surface area contributed by atoms with Crippen molar-refractivity contribution in [3.8, 4) is 11.5 Å². The second-order valence-electron chi connectivity index (χ2n) is 7.34. The van der Waals surface area contributed by atoms with E-state index < -0.39 is 12.2 Å². The molecule has 1 aromatic heterocycles. The van der Waals surface area contributed by atoms with Gasteiger partial charge in [0.2, 0.25) is 0 Å². The van der Waals surface area contributed by atoms with Crippen LogP contribution >= 0.6 is 0 Å². The highest BCUT2D eigenvalue weighted by Crippen LogP contribution is 2.30. The van der Waals surface area contributed by atoms with E-state index in [1.165, 1.54) is 13.2 Å². The van der Waals surface area contributed by atoms with Crippen molar-refractivity contribution in [3.05, 3.63) is 46.9 Å². The first-order chi connectivity index (χ1) is 14.7. The number of aliphatic hydroxyl groups is 1. The predicted molar refractivity (Wildman–Crippen MR) is 115 cm³/mol. The van der Waals surface area contributed by atoms with Gasteiger partial charge >= 0.3 is 6.61 Å². The Hall–Kier alpha value is -2.81. The smallest absolute Gasteiger partial charge is 0.387 e. The molecule has 0 spiro atoms. The zero-order valence-corrected chi connectivity index (χ0v) is 18.6. The van der Waals surface area contributed by atoms with Crippen molar-refractivity contribution in [3.63, 3.8) is 0 Å². The molecule has 1 unspecified atom stereocenters. The summed E-state index contributed by atoms with van der Waals surface area (Å²) in [6.07, 6.45) is 0.546. The van der Waals surface area contributed by atoms with E-state index in [9.17, 15) is 13.9 Å². The van der Waals surface area contributed by atoms with Crippen LogP contribution in [0.15, 0.2) is 33.7 Å². The Morgan fingerprint density at radius 3 is 2.55 bits per heavy atom. The van der Waals surface area contributed by atoms with Gasteiger partial charge in [0.05, 0.1) is 13.7 Å². The maximum Gasteiger partial charge on any atom is 0.387 e. The van der Waals surface area contributed by atoms with Crippen LogP contribution in [0.4, 0.5) is 8.78 Å². The lowest BCUT2D eigenvalue weighted by Gasteiger charge is -2.21. The number of hydrogen-bond acceptors (Lipinski definition) is 5. The highest BCUT2D eigenvalue weighted by molar-refractivity contribution is 5.79. The zero-order chi connectivity index (χ0) is 23.0. The maximum absolute atomic E-state index is 12.6. The zero-order valence-electron chi connectivity index (χ0n) is 18.6. The van der Waals surface area contributed by atoms with Gasteiger partial charge in [-0.25, -0.2) is 4.99 Å². The van der Waals surface area contributed by atoms with Gasteiger partial charge in [-0.1, -0.05) is 6.07 Å². The lowest BCUT2D eigenvalue weighted by molar-refractivity contribution is -0.0512. The topological polar surface area (TPSA) is 88.3 Å². The Balaban J connectivity index is 2.01. The lowest BCUT2D eigenvalue weighted by Crippen LogP contribution is -2.39. The fraction of sp³-hybridized carbons (Fsp3) is 0.500. The molecule has 172 valence electrons. The average molecular weight is 440 g/mol. The molecule has 0 saturated carbocycles. The Bertz CT molecular complexity index is 882. The number of aryl methyl sites for hydroxylation is 2. The molecule has 9 heteroatoms. The molecule has 3 N–H and O–H groups in total. The van der Waals surface area contributed by atoms with Crippen LogP contribution in [0.25, 0.3) is 0 Å². The minimum absolute atomic E-state index is 0.00241. The highest BCUT2D eigenvalue weighted by atomic mass is 19.3. The molecular formula is C22H31F2N3O4. The summed E-state index contributed by atoms with van der Waals surface area (Å²) in [6, 6.07) is 6.73. The SMILES string of the molecule is CCNC(=NCC(C)(O)c1cc(C)oc1C)NCCc1ccc(OC)c(OC(F)F)c1. The summed E-state index contributed by atoms with van der Waals surface area (Å²) >= 11 is 0. The number of rotatable bonds is 10. The monoisotopic (exact) mass is 439 g/mol. The minimum atomic E-state index is -2.93. The van der Waals surface area contributed by atoms with Gasteiger partial charge in [0.15, 0.2) is 17.5 Å². The van der Waals surface area contributed by atoms with Crippen molar-refractivity contribution < 1.29 is 27.8 Å². The number of alkyl halides is 2. The van der Waals surface area contributed by atoms with E-state index in [1.54, 1.807) is 19.1 Å². The Morgan fingerprint density at radius 1 is 1.23 bits per heavy atom. The van der Waals surface area contributed by atoms with E-state index in [2.05, 4.69) is 20.4 Å². The van der Waals surface area contributed by atoms with Crippen LogP contribution in [-0.4, -0.2) is 44.4 Å². The summed E-state index contributed by atoms with van der Waals surface area (Å²) in [5, 5.41) is 17.2. The highest BCUT2D eigenvalue weighted by Gasteiger charge is 2.27. The van der Waals surface area contributed by atoms with Crippen LogP contribution in [-0.2, 0) is 12.0 Å². The fourth-order valence-electron chi connectivity index (χ4n) is 3.22. The Labute approximate surface area is 181 Å². The van der Waals surface area contributed by atoms with Crippen LogP contribution in [0.3, 0.4) is 0 Å².